The van der Waals surface area contributed by atoms with E-state index in [1.165, 1.54) is 0 Å². The Morgan fingerprint density at radius 3 is 2.95 bits per heavy atom. The fourth-order valence-corrected chi connectivity index (χ4v) is 2.84. The van der Waals surface area contributed by atoms with Crippen molar-refractivity contribution in [3.8, 4) is 11.3 Å². The number of H-pyrrole nitrogens is 1. The molecule has 0 bridgehead atoms. The second-order valence-electron chi connectivity index (χ2n) is 5.40. The van der Waals surface area contributed by atoms with Crippen molar-refractivity contribution in [1.82, 2.24) is 19.5 Å². The summed E-state index contributed by atoms with van der Waals surface area (Å²) in [6.45, 7) is 0.519. The molecule has 4 aromatic rings. The van der Waals surface area contributed by atoms with Gasteiger partial charge in [0.25, 0.3) is 0 Å². The SMILES string of the molecule is Cn1cnc2c(N)nc3[nH]c(-c4cccc(CN)c4)cc3c21. The van der Waals surface area contributed by atoms with Crippen molar-refractivity contribution in [2.24, 2.45) is 12.8 Å². The molecule has 3 heterocycles. The molecule has 5 N–H and O–H groups in total. The Morgan fingerprint density at radius 1 is 1.27 bits per heavy atom. The van der Waals surface area contributed by atoms with Gasteiger partial charge in [-0.1, -0.05) is 18.2 Å². The van der Waals surface area contributed by atoms with Crippen LogP contribution in [0.4, 0.5) is 5.82 Å². The molecule has 1 aromatic carbocycles. The number of nitrogens with two attached hydrogens (primary N) is 2. The summed E-state index contributed by atoms with van der Waals surface area (Å²) in [5.41, 5.74) is 17.4. The monoisotopic (exact) mass is 292 g/mol. The van der Waals surface area contributed by atoms with Crippen molar-refractivity contribution in [2.75, 3.05) is 5.73 Å². The molecule has 0 aliphatic rings. The van der Waals surface area contributed by atoms with Gasteiger partial charge in [0, 0.05) is 24.7 Å². The molecule has 110 valence electrons. The fraction of sp³-hybridized carbons (Fsp3) is 0.125. The zero-order valence-electron chi connectivity index (χ0n) is 12.2. The van der Waals surface area contributed by atoms with E-state index in [0.29, 0.717) is 12.4 Å². The molecule has 3 aromatic heterocycles. The zero-order chi connectivity index (χ0) is 15.3. The first-order valence-electron chi connectivity index (χ1n) is 7.06. The van der Waals surface area contributed by atoms with Crippen LogP contribution in [-0.2, 0) is 13.6 Å². The summed E-state index contributed by atoms with van der Waals surface area (Å²) >= 11 is 0. The number of aryl methyl sites for hydroxylation is 1. The van der Waals surface area contributed by atoms with E-state index in [1.54, 1.807) is 6.33 Å². The van der Waals surface area contributed by atoms with E-state index in [1.807, 2.05) is 29.8 Å². The summed E-state index contributed by atoms with van der Waals surface area (Å²) in [5.74, 6) is 0.437. The molecule has 0 aliphatic carbocycles. The van der Waals surface area contributed by atoms with Crippen molar-refractivity contribution >= 4 is 27.9 Å². The lowest BCUT2D eigenvalue weighted by molar-refractivity contribution is 0.951. The van der Waals surface area contributed by atoms with Crippen LogP contribution in [0.5, 0.6) is 0 Å². The summed E-state index contributed by atoms with van der Waals surface area (Å²) < 4.78 is 1.96. The van der Waals surface area contributed by atoms with Gasteiger partial charge in [0.15, 0.2) is 5.82 Å². The number of nitrogen functional groups attached to an aromatic ring is 1. The average molecular weight is 292 g/mol. The number of benzene rings is 1. The molecule has 0 spiro atoms. The van der Waals surface area contributed by atoms with E-state index in [9.17, 15) is 0 Å². The summed E-state index contributed by atoms with van der Waals surface area (Å²) in [7, 11) is 1.95. The minimum Gasteiger partial charge on any atom is -0.382 e. The molecule has 6 nitrogen and oxygen atoms in total. The van der Waals surface area contributed by atoms with Crippen molar-refractivity contribution < 1.29 is 0 Å². The molecule has 22 heavy (non-hydrogen) atoms. The van der Waals surface area contributed by atoms with Gasteiger partial charge in [-0.2, -0.15) is 0 Å². The average Bonchev–Trinajstić information content (AvgIpc) is 3.11. The molecular formula is C16H16N6. The summed E-state index contributed by atoms with van der Waals surface area (Å²) in [6.07, 6.45) is 1.75. The first-order chi connectivity index (χ1) is 10.7. The molecule has 4 rings (SSSR count). The third-order valence-corrected chi connectivity index (χ3v) is 3.94. The number of hydrogen-bond donors (Lipinski definition) is 3. The molecule has 0 amide bonds. The zero-order valence-corrected chi connectivity index (χ0v) is 12.2. The predicted octanol–water partition coefficient (Wildman–Crippen LogP) is 2.16. The highest BCUT2D eigenvalue weighted by Gasteiger charge is 2.14. The summed E-state index contributed by atoms with van der Waals surface area (Å²) in [5, 5.41) is 1.01. The molecule has 0 radical (unpaired) electrons. The Balaban J connectivity index is 2.01. The molecule has 0 saturated carbocycles. The minimum absolute atomic E-state index is 0.437. The largest absolute Gasteiger partial charge is 0.382 e. The predicted molar refractivity (Wildman–Crippen MR) is 88.1 cm³/mol. The van der Waals surface area contributed by atoms with Gasteiger partial charge in [0.05, 0.1) is 11.8 Å². The maximum atomic E-state index is 6.01. The van der Waals surface area contributed by atoms with Gasteiger partial charge < -0.3 is 21.0 Å². The van der Waals surface area contributed by atoms with E-state index in [4.69, 9.17) is 11.5 Å². The maximum Gasteiger partial charge on any atom is 0.154 e. The Labute approximate surface area is 126 Å². The topological polar surface area (TPSA) is 98.5 Å². The number of anilines is 1. The number of nitrogens with zero attached hydrogens (tertiary/aromatic N) is 3. The molecule has 6 heteroatoms. The van der Waals surface area contributed by atoms with Gasteiger partial charge in [-0.05, 0) is 23.3 Å². The van der Waals surface area contributed by atoms with Crippen molar-refractivity contribution in [2.45, 2.75) is 6.54 Å². The Kier molecular flexibility index (Phi) is 2.67. The van der Waals surface area contributed by atoms with Gasteiger partial charge >= 0.3 is 0 Å². The van der Waals surface area contributed by atoms with Gasteiger partial charge in [-0.25, -0.2) is 9.97 Å². The van der Waals surface area contributed by atoms with Crippen molar-refractivity contribution in [3.05, 3.63) is 42.2 Å². The molecule has 0 unspecified atom stereocenters. The summed E-state index contributed by atoms with van der Waals surface area (Å²) in [4.78, 5) is 12.1. The first-order valence-corrected chi connectivity index (χ1v) is 7.06. The summed E-state index contributed by atoms with van der Waals surface area (Å²) in [6, 6.07) is 10.2. The number of hydrogen-bond acceptors (Lipinski definition) is 4. The Bertz CT molecular complexity index is 995. The van der Waals surface area contributed by atoms with Crippen LogP contribution in [0.2, 0.25) is 0 Å². The van der Waals surface area contributed by atoms with Crippen LogP contribution in [0.25, 0.3) is 33.3 Å². The van der Waals surface area contributed by atoms with Gasteiger partial charge in [0.1, 0.15) is 11.2 Å². The number of imidazole rings is 1. The molecule has 0 atom stereocenters. The van der Waals surface area contributed by atoms with Gasteiger partial charge in [0.2, 0.25) is 0 Å². The number of pyridine rings is 1. The third kappa shape index (κ3) is 1.78. The number of aromatic nitrogens is 4. The van der Waals surface area contributed by atoms with Crippen molar-refractivity contribution in [1.29, 1.82) is 0 Å². The van der Waals surface area contributed by atoms with Crippen LogP contribution in [0, 0.1) is 0 Å². The second-order valence-corrected chi connectivity index (χ2v) is 5.40. The lowest BCUT2D eigenvalue weighted by atomic mass is 10.1. The quantitative estimate of drug-likeness (QED) is 0.527. The van der Waals surface area contributed by atoms with E-state index >= 15 is 0 Å². The molecular weight excluding hydrogens is 276 g/mol. The van der Waals surface area contributed by atoms with Gasteiger partial charge in [-0.3, -0.25) is 0 Å². The molecule has 0 aliphatic heterocycles. The Morgan fingerprint density at radius 2 is 2.14 bits per heavy atom. The highest BCUT2D eigenvalue weighted by atomic mass is 15.1. The smallest absolute Gasteiger partial charge is 0.154 e. The van der Waals surface area contributed by atoms with E-state index < -0.39 is 0 Å². The highest BCUT2D eigenvalue weighted by molar-refractivity contribution is 6.07. The van der Waals surface area contributed by atoms with Crippen LogP contribution in [0.1, 0.15) is 5.56 Å². The fourth-order valence-electron chi connectivity index (χ4n) is 2.84. The molecule has 0 fully saturated rings. The van der Waals surface area contributed by atoms with Crippen LogP contribution in [0.15, 0.2) is 36.7 Å². The Hall–Kier alpha value is -2.86. The lowest BCUT2D eigenvalue weighted by Gasteiger charge is -2.00. The number of fused-ring (bicyclic) bond motifs is 3. The first kappa shape index (κ1) is 12.8. The maximum absolute atomic E-state index is 6.01. The van der Waals surface area contributed by atoms with Crippen LogP contribution in [-0.4, -0.2) is 19.5 Å². The van der Waals surface area contributed by atoms with E-state index in [2.05, 4.69) is 27.1 Å². The second kappa shape index (κ2) is 4.57. The third-order valence-electron chi connectivity index (χ3n) is 3.94. The van der Waals surface area contributed by atoms with E-state index in [0.717, 1.165) is 38.9 Å². The number of nitrogens with one attached hydrogen (secondary N) is 1. The number of aromatic amines is 1. The normalized spacial score (nSPS) is 11.5. The molecule has 0 saturated heterocycles. The van der Waals surface area contributed by atoms with Crippen LogP contribution in [0.3, 0.4) is 0 Å². The van der Waals surface area contributed by atoms with Gasteiger partial charge in [-0.15, -0.1) is 0 Å². The van der Waals surface area contributed by atoms with Crippen LogP contribution >= 0.6 is 0 Å². The van der Waals surface area contributed by atoms with Crippen LogP contribution < -0.4 is 11.5 Å². The standard InChI is InChI=1S/C16H16N6/c1-22-8-19-13-14(22)11-6-12(20-16(11)21-15(13)18)10-4-2-3-9(5-10)7-17/h2-6,8H,7,17H2,1H3,(H3,18,20,21). The minimum atomic E-state index is 0.437. The van der Waals surface area contributed by atoms with E-state index in [-0.39, 0.29) is 0 Å². The lowest BCUT2D eigenvalue weighted by Crippen LogP contribution is -1.95. The van der Waals surface area contributed by atoms with Crippen molar-refractivity contribution in [3.63, 3.8) is 0 Å². The highest BCUT2D eigenvalue weighted by Crippen LogP contribution is 2.30. The number of rotatable bonds is 2.